The number of hydrogen-bond acceptors (Lipinski definition) is 1. The number of aryl methyl sites for hydroxylation is 2. The van der Waals surface area contributed by atoms with Crippen LogP contribution in [-0.4, -0.2) is 11.7 Å². The van der Waals surface area contributed by atoms with Gasteiger partial charge >= 0.3 is 0 Å². The van der Waals surface area contributed by atoms with Gasteiger partial charge in [-0.25, -0.2) is 4.99 Å². The lowest BCUT2D eigenvalue weighted by Crippen LogP contribution is -2.12. The van der Waals surface area contributed by atoms with Gasteiger partial charge in [0.1, 0.15) is 5.84 Å². The molecule has 0 atom stereocenters. The van der Waals surface area contributed by atoms with E-state index in [1.165, 1.54) is 0 Å². The van der Waals surface area contributed by atoms with Gasteiger partial charge in [0.25, 0.3) is 0 Å². The van der Waals surface area contributed by atoms with Gasteiger partial charge in [-0.15, -0.1) is 11.6 Å². The fourth-order valence-electron chi connectivity index (χ4n) is 1.22. The first kappa shape index (κ1) is 11.3. The summed E-state index contributed by atoms with van der Waals surface area (Å²) in [5.41, 5.74) is 8.35. The average molecular weight is 231 g/mol. The molecule has 0 aliphatic heterocycles. The highest BCUT2D eigenvalue weighted by molar-refractivity contribution is 6.33. The molecule has 1 aromatic rings. The summed E-state index contributed by atoms with van der Waals surface area (Å²) < 4.78 is 0. The van der Waals surface area contributed by atoms with Crippen LogP contribution in [0.3, 0.4) is 0 Å². The van der Waals surface area contributed by atoms with Crippen molar-refractivity contribution >= 4 is 34.7 Å². The molecule has 0 spiro atoms. The van der Waals surface area contributed by atoms with Gasteiger partial charge in [0.05, 0.1) is 16.6 Å². The van der Waals surface area contributed by atoms with E-state index in [2.05, 4.69) is 4.99 Å². The van der Waals surface area contributed by atoms with Gasteiger partial charge in [0.2, 0.25) is 0 Å². The second kappa shape index (κ2) is 4.67. The van der Waals surface area contributed by atoms with Crippen LogP contribution in [0.15, 0.2) is 17.1 Å². The molecule has 0 aromatic heterocycles. The van der Waals surface area contributed by atoms with E-state index in [9.17, 15) is 0 Å². The van der Waals surface area contributed by atoms with Crippen LogP contribution in [-0.2, 0) is 0 Å². The Bertz CT molecular complexity index is 349. The zero-order valence-corrected chi connectivity index (χ0v) is 9.65. The largest absolute Gasteiger partial charge is 0.386 e. The Morgan fingerprint density at radius 1 is 1.43 bits per heavy atom. The maximum Gasteiger partial charge on any atom is 0.115 e. The van der Waals surface area contributed by atoms with Crippen molar-refractivity contribution < 1.29 is 0 Å². The van der Waals surface area contributed by atoms with E-state index in [1.54, 1.807) is 0 Å². The van der Waals surface area contributed by atoms with Crippen LogP contribution in [0.25, 0.3) is 0 Å². The third-order valence-corrected chi connectivity index (χ3v) is 2.35. The number of aliphatic imine (C=N–C) groups is 1. The van der Waals surface area contributed by atoms with Crippen molar-refractivity contribution in [2.75, 3.05) is 5.88 Å². The number of alkyl halides is 1. The normalized spacial score (nSPS) is 11.9. The molecule has 0 amide bonds. The lowest BCUT2D eigenvalue weighted by Gasteiger charge is -2.05. The minimum absolute atomic E-state index is 0.212. The van der Waals surface area contributed by atoms with Crippen LogP contribution in [0.5, 0.6) is 0 Å². The van der Waals surface area contributed by atoms with Gasteiger partial charge in [0.15, 0.2) is 0 Å². The number of benzene rings is 1. The van der Waals surface area contributed by atoms with E-state index in [4.69, 9.17) is 28.9 Å². The predicted octanol–water partition coefficient (Wildman–Crippen LogP) is 3.18. The third kappa shape index (κ3) is 2.63. The molecule has 0 aliphatic carbocycles. The van der Waals surface area contributed by atoms with Gasteiger partial charge in [-0.2, -0.15) is 0 Å². The van der Waals surface area contributed by atoms with E-state index in [-0.39, 0.29) is 5.88 Å². The van der Waals surface area contributed by atoms with E-state index in [1.807, 2.05) is 26.0 Å². The number of rotatable bonds is 2. The summed E-state index contributed by atoms with van der Waals surface area (Å²) in [6.45, 7) is 3.93. The summed E-state index contributed by atoms with van der Waals surface area (Å²) in [6, 6.07) is 3.86. The SMILES string of the molecule is Cc1cc(C)c(N=C(N)CCl)c(Cl)c1. The zero-order valence-electron chi connectivity index (χ0n) is 8.14. The Morgan fingerprint density at radius 3 is 2.57 bits per heavy atom. The fourth-order valence-corrected chi connectivity index (χ4v) is 1.65. The van der Waals surface area contributed by atoms with Crippen molar-refractivity contribution in [2.24, 2.45) is 10.7 Å². The van der Waals surface area contributed by atoms with Gasteiger partial charge in [0, 0.05) is 0 Å². The Balaban J connectivity index is 3.21. The zero-order chi connectivity index (χ0) is 10.7. The number of halogens is 2. The first-order valence-corrected chi connectivity index (χ1v) is 5.11. The highest BCUT2D eigenvalue weighted by atomic mass is 35.5. The molecule has 76 valence electrons. The molecule has 2 nitrogen and oxygen atoms in total. The van der Waals surface area contributed by atoms with Crippen molar-refractivity contribution in [3.63, 3.8) is 0 Å². The Hall–Kier alpha value is -0.730. The van der Waals surface area contributed by atoms with E-state index in [0.29, 0.717) is 16.5 Å². The van der Waals surface area contributed by atoms with Gasteiger partial charge < -0.3 is 5.73 Å². The molecular weight excluding hydrogens is 219 g/mol. The van der Waals surface area contributed by atoms with Crippen LogP contribution >= 0.6 is 23.2 Å². The summed E-state index contributed by atoms with van der Waals surface area (Å²) in [5, 5.41) is 0.607. The standard InChI is InChI=1S/C10H12Cl2N2/c1-6-3-7(2)10(8(12)4-6)14-9(13)5-11/h3-4H,5H2,1-2H3,(H2,13,14). The van der Waals surface area contributed by atoms with Crippen LogP contribution < -0.4 is 5.73 Å². The van der Waals surface area contributed by atoms with Crippen LogP contribution in [0, 0.1) is 13.8 Å². The molecule has 0 heterocycles. The highest BCUT2D eigenvalue weighted by Crippen LogP contribution is 2.29. The number of hydrogen-bond donors (Lipinski definition) is 1. The van der Waals surface area contributed by atoms with Gasteiger partial charge in [-0.05, 0) is 31.0 Å². The van der Waals surface area contributed by atoms with Crippen molar-refractivity contribution in [3.8, 4) is 0 Å². The fraction of sp³-hybridized carbons (Fsp3) is 0.300. The summed E-state index contributed by atoms with van der Waals surface area (Å²) in [7, 11) is 0. The second-order valence-electron chi connectivity index (χ2n) is 3.15. The monoisotopic (exact) mass is 230 g/mol. The molecule has 0 bridgehead atoms. The summed E-state index contributed by atoms with van der Waals surface area (Å²) in [6.07, 6.45) is 0. The lowest BCUT2D eigenvalue weighted by atomic mass is 10.1. The van der Waals surface area contributed by atoms with Crippen molar-refractivity contribution in [1.82, 2.24) is 0 Å². The molecule has 0 fully saturated rings. The maximum absolute atomic E-state index is 6.03. The Labute approximate surface area is 93.7 Å². The van der Waals surface area contributed by atoms with Crippen LogP contribution in [0.1, 0.15) is 11.1 Å². The van der Waals surface area contributed by atoms with Crippen molar-refractivity contribution in [1.29, 1.82) is 0 Å². The quantitative estimate of drug-likeness (QED) is 0.473. The van der Waals surface area contributed by atoms with E-state index < -0.39 is 0 Å². The molecule has 0 aliphatic rings. The van der Waals surface area contributed by atoms with Crippen LogP contribution in [0.2, 0.25) is 5.02 Å². The molecule has 1 rings (SSSR count). The number of nitrogens with two attached hydrogens (primary N) is 1. The lowest BCUT2D eigenvalue weighted by molar-refractivity contribution is 1.33. The average Bonchev–Trinajstić information content (AvgIpc) is 2.10. The summed E-state index contributed by atoms with van der Waals surface area (Å²) in [4.78, 5) is 4.15. The first-order chi connectivity index (χ1) is 6.54. The van der Waals surface area contributed by atoms with Crippen LogP contribution in [0.4, 0.5) is 5.69 Å². The molecular formula is C10H12Cl2N2. The molecule has 14 heavy (non-hydrogen) atoms. The minimum atomic E-state index is 0.212. The Morgan fingerprint density at radius 2 is 2.07 bits per heavy atom. The van der Waals surface area contributed by atoms with E-state index >= 15 is 0 Å². The molecule has 0 radical (unpaired) electrons. The minimum Gasteiger partial charge on any atom is -0.386 e. The van der Waals surface area contributed by atoms with Crippen molar-refractivity contribution in [2.45, 2.75) is 13.8 Å². The predicted molar refractivity (Wildman–Crippen MR) is 62.9 cm³/mol. The maximum atomic E-state index is 6.03. The molecule has 2 N–H and O–H groups in total. The van der Waals surface area contributed by atoms with Crippen molar-refractivity contribution in [3.05, 3.63) is 28.3 Å². The molecule has 0 saturated heterocycles. The van der Waals surface area contributed by atoms with Gasteiger partial charge in [-0.3, -0.25) is 0 Å². The molecule has 1 aromatic carbocycles. The summed E-state index contributed by atoms with van der Waals surface area (Å²) >= 11 is 11.6. The second-order valence-corrected chi connectivity index (χ2v) is 3.82. The molecule has 0 unspecified atom stereocenters. The topological polar surface area (TPSA) is 38.4 Å². The first-order valence-electron chi connectivity index (χ1n) is 4.20. The van der Waals surface area contributed by atoms with Gasteiger partial charge in [-0.1, -0.05) is 17.7 Å². The molecule has 4 heteroatoms. The third-order valence-electron chi connectivity index (χ3n) is 1.79. The Kier molecular flexibility index (Phi) is 3.78. The molecule has 0 saturated carbocycles. The number of amidine groups is 1. The smallest absolute Gasteiger partial charge is 0.115 e. The number of nitrogens with zero attached hydrogens (tertiary/aromatic N) is 1. The van der Waals surface area contributed by atoms with E-state index in [0.717, 1.165) is 11.1 Å². The summed E-state index contributed by atoms with van der Waals surface area (Å²) in [5.74, 6) is 0.587. The highest BCUT2D eigenvalue weighted by Gasteiger charge is 2.04.